The van der Waals surface area contributed by atoms with E-state index in [1.54, 1.807) is 7.05 Å². The Hall–Kier alpha value is 0.200. The summed E-state index contributed by atoms with van der Waals surface area (Å²) in [4.78, 5) is 23.4. The molecule has 0 heterocycles. The molecule has 140 valence electrons. The molecule has 0 aromatic heterocycles. The Morgan fingerprint density at radius 3 is 1.54 bits per heavy atom. The van der Waals surface area contributed by atoms with Crippen LogP contribution in [0.5, 0.6) is 0 Å². The Kier molecular flexibility index (Phi) is 21.5. The fourth-order valence-corrected chi connectivity index (χ4v) is 2.78. The molecule has 0 rings (SSSR count). The first kappa shape index (κ1) is 26.4. The molecule has 0 aromatic carbocycles. The second-order valence-corrected chi connectivity index (χ2v) is 6.64. The first-order valence-electron chi connectivity index (χ1n) is 9.53. The average Bonchev–Trinajstić information content (AvgIpc) is 2.51. The number of carbonyl (C=O) groups excluding carboxylic acids is 1. The minimum atomic E-state index is -0.953. The van der Waals surface area contributed by atoms with E-state index in [2.05, 4.69) is 6.92 Å². The third-order valence-corrected chi connectivity index (χ3v) is 4.29. The van der Waals surface area contributed by atoms with Gasteiger partial charge in [-0.2, -0.15) is 0 Å². The van der Waals surface area contributed by atoms with Crippen LogP contribution in [0.4, 0.5) is 0 Å². The van der Waals surface area contributed by atoms with Crippen molar-refractivity contribution in [1.82, 2.24) is 4.90 Å². The number of hydrogen-bond donors (Lipinski definition) is 1. The molecule has 0 bridgehead atoms. The van der Waals surface area contributed by atoms with Crippen LogP contribution in [0.25, 0.3) is 0 Å². The van der Waals surface area contributed by atoms with Gasteiger partial charge in [-0.1, -0.05) is 84.0 Å². The van der Waals surface area contributed by atoms with Crippen molar-refractivity contribution in [2.45, 2.75) is 96.8 Å². The van der Waals surface area contributed by atoms with Crippen molar-refractivity contribution in [1.29, 1.82) is 0 Å². The minimum absolute atomic E-state index is 0. The van der Waals surface area contributed by atoms with Gasteiger partial charge in [-0.05, 0) is 6.42 Å². The van der Waals surface area contributed by atoms with Gasteiger partial charge in [-0.3, -0.25) is 9.59 Å². The number of hydrogen-bond acceptors (Lipinski definition) is 2. The molecular formula is C19H39CaNO3. The number of carboxylic acid groups (broad SMARTS) is 1. The van der Waals surface area contributed by atoms with Gasteiger partial charge in [0, 0.05) is 13.5 Å². The molecule has 4 nitrogen and oxygen atoms in total. The number of amides is 1. The molecule has 0 aliphatic heterocycles. The third-order valence-electron chi connectivity index (χ3n) is 4.29. The van der Waals surface area contributed by atoms with E-state index >= 15 is 0 Å². The molecule has 0 saturated carbocycles. The van der Waals surface area contributed by atoms with Crippen LogP contribution in [-0.2, 0) is 9.59 Å². The topological polar surface area (TPSA) is 57.6 Å². The molecule has 0 unspecified atom stereocenters. The van der Waals surface area contributed by atoms with Gasteiger partial charge in [0.2, 0.25) is 5.91 Å². The first-order valence-corrected chi connectivity index (χ1v) is 9.53. The van der Waals surface area contributed by atoms with E-state index in [4.69, 9.17) is 5.11 Å². The molecule has 0 fully saturated rings. The zero-order valence-electron chi connectivity index (χ0n) is 18.0. The van der Waals surface area contributed by atoms with Crippen LogP contribution in [0.15, 0.2) is 0 Å². The largest absolute Gasteiger partial charge is 2.00 e. The van der Waals surface area contributed by atoms with E-state index in [0.29, 0.717) is 6.42 Å². The van der Waals surface area contributed by atoms with Gasteiger partial charge < -0.3 is 12.9 Å². The van der Waals surface area contributed by atoms with Gasteiger partial charge >= 0.3 is 43.7 Å². The smallest absolute Gasteiger partial charge is 1.00 e. The summed E-state index contributed by atoms with van der Waals surface area (Å²) in [6.45, 7) is 2.06. The fraction of sp³-hybridized carbons (Fsp3) is 0.895. The molecule has 1 N–H and O–H groups in total. The number of likely N-dealkylation sites (N-methyl/N-ethyl adjacent to an activating group) is 1. The van der Waals surface area contributed by atoms with Crippen molar-refractivity contribution >= 4 is 49.6 Å². The van der Waals surface area contributed by atoms with Gasteiger partial charge in [0.25, 0.3) is 0 Å². The van der Waals surface area contributed by atoms with E-state index in [-0.39, 0.29) is 53.0 Å². The predicted molar refractivity (Wildman–Crippen MR) is 104 cm³/mol. The average molecular weight is 370 g/mol. The summed E-state index contributed by atoms with van der Waals surface area (Å²) < 4.78 is 0. The molecular weight excluding hydrogens is 330 g/mol. The van der Waals surface area contributed by atoms with Crippen LogP contribution in [0.1, 0.15) is 99.7 Å². The van der Waals surface area contributed by atoms with Crippen molar-refractivity contribution in [3.8, 4) is 0 Å². The van der Waals surface area contributed by atoms with Gasteiger partial charge in [0.05, 0.1) is 0 Å². The second-order valence-electron chi connectivity index (χ2n) is 6.64. The molecule has 1 amide bonds. The van der Waals surface area contributed by atoms with Gasteiger partial charge in [-0.25, -0.2) is 0 Å². The maximum absolute atomic E-state index is 11.6. The fourth-order valence-electron chi connectivity index (χ4n) is 2.78. The monoisotopic (exact) mass is 369 g/mol. The van der Waals surface area contributed by atoms with Gasteiger partial charge in [-0.15, -0.1) is 0 Å². The Bertz CT molecular complexity index is 321. The molecule has 0 atom stereocenters. The molecule has 0 radical (unpaired) electrons. The van der Waals surface area contributed by atoms with E-state index in [9.17, 15) is 9.59 Å². The van der Waals surface area contributed by atoms with E-state index in [0.717, 1.165) is 12.8 Å². The predicted octanol–water partition coefficient (Wildman–Crippen LogP) is 4.85. The number of rotatable bonds is 16. The molecule has 0 spiro atoms. The normalized spacial score (nSPS) is 10.2. The first-order chi connectivity index (χ1) is 11.1. The standard InChI is InChI=1S/C19H37NO3.Ca.2H/c1-3-4-5-6-7-8-9-10-11-12-13-14-15-16-18(21)20(2)17-19(22)23;;;/h3-17H2,1-2H3,(H,22,23);;;/q;+2;2*-1. The Labute approximate surface area is 181 Å². The number of unbranched alkanes of at least 4 members (excludes halogenated alkanes) is 12. The quantitative estimate of drug-likeness (QED) is 0.312. The van der Waals surface area contributed by atoms with Crippen LogP contribution in [0.2, 0.25) is 0 Å². The molecule has 0 aromatic rings. The van der Waals surface area contributed by atoms with Crippen molar-refractivity contribution in [2.75, 3.05) is 13.6 Å². The van der Waals surface area contributed by atoms with Crippen molar-refractivity contribution in [3.63, 3.8) is 0 Å². The number of carbonyl (C=O) groups is 2. The van der Waals surface area contributed by atoms with E-state index < -0.39 is 5.97 Å². The summed E-state index contributed by atoms with van der Waals surface area (Å²) in [7, 11) is 1.55. The summed E-state index contributed by atoms with van der Waals surface area (Å²) in [5.41, 5.74) is 0. The maximum Gasteiger partial charge on any atom is 2.00 e. The van der Waals surface area contributed by atoms with Crippen LogP contribution in [-0.4, -0.2) is 73.2 Å². The number of nitrogens with zero attached hydrogens (tertiary/aromatic N) is 1. The van der Waals surface area contributed by atoms with E-state index in [1.807, 2.05) is 0 Å². The molecule has 0 aliphatic rings. The molecule has 24 heavy (non-hydrogen) atoms. The molecule has 0 aliphatic carbocycles. The molecule has 0 saturated heterocycles. The van der Waals surface area contributed by atoms with Crippen molar-refractivity contribution in [3.05, 3.63) is 0 Å². The SMILES string of the molecule is CCCCCCCCCCCCCCCC(=O)N(C)CC(=O)O.[Ca+2].[H-].[H-]. The zero-order chi connectivity index (χ0) is 17.3. The second kappa shape index (κ2) is 19.5. The van der Waals surface area contributed by atoms with Crippen LogP contribution < -0.4 is 0 Å². The molecule has 5 heteroatoms. The van der Waals surface area contributed by atoms with Crippen LogP contribution in [0, 0.1) is 0 Å². The van der Waals surface area contributed by atoms with E-state index in [1.165, 1.54) is 75.5 Å². The Balaban J connectivity index is -0.000000807. The zero-order valence-corrected chi connectivity index (χ0v) is 18.2. The summed E-state index contributed by atoms with van der Waals surface area (Å²) in [5.74, 6) is -1.01. The summed E-state index contributed by atoms with van der Waals surface area (Å²) >= 11 is 0. The number of aliphatic carboxylic acids is 1. The minimum Gasteiger partial charge on any atom is -1.00 e. The third kappa shape index (κ3) is 18.5. The maximum atomic E-state index is 11.6. The van der Waals surface area contributed by atoms with Crippen molar-refractivity contribution < 1.29 is 17.5 Å². The summed E-state index contributed by atoms with van der Waals surface area (Å²) in [6, 6.07) is 0. The van der Waals surface area contributed by atoms with Crippen LogP contribution >= 0.6 is 0 Å². The summed E-state index contributed by atoms with van der Waals surface area (Å²) in [6.07, 6.45) is 17.2. The van der Waals surface area contributed by atoms with Crippen molar-refractivity contribution in [2.24, 2.45) is 0 Å². The Morgan fingerprint density at radius 2 is 1.17 bits per heavy atom. The number of carboxylic acids is 1. The Morgan fingerprint density at radius 1 is 0.792 bits per heavy atom. The van der Waals surface area contributed by atoms with Gasteiger partial charge in [0.1, 0.15) is 6.54 Å². The van der Waals surface area contributed by atoms with Gasteiger partial charge in [0.15, 0.2) is 0 Å². The summed E-state index contributed by atoms with van der Waals surface area (Å²) in [5, 5.41) is 8.62. The van der Waals surface area contributed by atoms with Crippen LogP contribution in [0.3, 0.4) is 0 Å².